The fourth-order valence-electron chi connectivity index (χ4n) is 3.85. The standard InChI is InChI=1S/C16H30N2O2/c1-2-12-6-8-16(20,9-7-12)11-18-15(19)14-5-3-4-13(14)10-17/h12-14,20H,2-11,17H2,1H3,(H,18,19). The Morgan fingerprint density at radius 3 is 2.60 bits per heavy atom. The van der Waals surface area contributed by atoms with Crippen LogP contribution in [0.5, 0.6) is 0 Å². The van der Waals surface area contributed by atoms with E-state index in [1.165, 1.54) is 6.42 Å². The average Bonchev–Trinajstić information content (AvgIpc) is 2.94. The highest BCUT2D eigenvalue weighted by atomic mass is 16.3. The van der Waals surface area contributed by atoms with Crippen molar-refractivity contribution < 1.29 is 9.90 Å². The van der Waals surface area contributed by atoms with Gasteiger partial charge in [-0.3, -0.25) is 4.79 Å². The molecular weight excluding hydrogens is 252 g/mol. The van der Waals surface area contributed by atoms with Crippen LogP contribution in [0.1, 0.15) is 58.3 Å². The third kappa shape index (κ3) is 3.73. The highest BCUT2D eigenvalue weighted by Crippen LogP contribution is 2.34. The van der Waals surface area contributed by atoms with E-state index >= 15 is 0 Å². The van der Waals surface area contributed by atoms with E-state index in [2.05, 4.69) is 12.2 Å². The van der Waals surface area contributed by atoms with Crippen LogP contribution in [0, 0.1) is 17.8 Å². The van der Waals surface area contributed by atoms with Crippen molar-refractivity contribution in [2.45, 2.75) is 63.9 Å². The van der Waals surface area contributed by atoms with E-state index in [1.54, 1.807) is 0 Å². The van der Waals surface area contributed by atoms with Gasteiger partial charge in [0.1, 0.15) is 0 Å². The van der Waals surface area contributed by atoms with E-state index in [1.807, 2.05) is 0 Å². The number of aliphatic hydroxyl groups is 1. The third-order valence-electron chi connectivity index (χ3n) is 5.50. The molecule has 0 aromatic heterocycles. The molecule has 0 aromatic carbocycles. The molecule has 4 N–H and O–H groups in total. The lowest BCUT2D eigenvalue weighted by Crippen LogP contribution is -2.47. The minimum absolute atomic E-state index is 0.0654. The van der Waals surface area contributed by atoms with Crippen molar-refractivity contribution >= 4 is 5.91 Å². The molecule has 2 atom stereocenters. The van der Waals surface area contributed by atoms with Gasteiger partial charge in [-0.2, -0.15) is 0 Å². The third-order valence-corrected chi connectivity index (χ3v) is 5.50. The zero-order chi connectivity index (χ0) is 14.6. The Balaban J connectivity index is 1.78. The fraction of sp³-hybridized carbons (Fsp3) is 0.938. The van der Waals surface area contributed by atoms with Gasteiger partial charge in [0.25, 0.3) is 0 Å². The van der Waals surface area contributed by atoms with Crippen LogP contribution in [-0.2, 0) is 4.79 Å². The van der Waals surface area contributed by atoms with Gasteiger partial charge in [0.2, 0.25) is 5.91 Å². The number of hydrogen-bond donors (Lipinski definition) is 3. The molecule has 4 heteroatoms. The second-order valence-corrected chi connectivity index (χ2v) is 6.83. The summed E-state index contributed by atoms with van der Waals surface area (Å²) in [6.07, 6.45) is 8.11. The van der Waals surface area contributed by atoms with Crippen LogP contribution in [0.25, 0.3) is 0 Å². The minimum Gasteiger partial charge on any atom is -0.388 e. The van der Waals surface area contributed by atoms with Crippen LogP contribution in [-0.4, -0.2) is 29.7 Å². The topological polar surface area (TPSA) is 75.3 Å². The van der Waals surface area contributed by atoms with Crippen molar-refractivity contribution in [2.24, 2.45) is 23.5 Å². The Morgan fingerprint density at radius 1 is 1.30 bits per heavy atom. The molecule has 2 unspecified atom stereocenters. The Labute approximate surface area is 122 Å². The maximum Gasteiger partial charge on any atom is 0.223 e. The molecule has 116 valence electrons. The normalized spacial score (nSPS) is 37.9. The monoisotopic (exact) mass is 282 g/mol. The SMILES string of the molecule is CCC1CCC(O)(CNC(=O)C2CCCC2CN)CC1. The molecule has 20 heavy (non-hydrogen) atoms. The smallest absolute Gasteiger partial charge is 0.223 e. The molecular formula is C16H30N2O2. The number of nitrogens with two attached hydrogens (primary N) is 1. The first-order chi connectivity index (χ1) is 9.58. The van der Waals surface area contributed by atoms with E-state index in [0.29, 0.717) is 19.0 Å². The molecule has 0 aromatic rings. The molecule has 4 nitrogen and oxygen atoms in total. The molecule has 2 saturated carbocycles. The highest BCUT2D eigenvalue weighted by molar-refractivity contribution is 5.79. The minimum atomic E-state index is -0.682. The van der Waals surface area contributed by atoms with E-state index in [4.69, 9.17) is 5.73 Å². The molecule has 2 aliphatic carbocycles. The molecule has 0 saturated heterocycles. The van der Waals surface area contributed by atoms with E-state index in [0.717, 1.165) is 50.9 Å². The molecule has 2 rings (SSSR count). The highest BCUT2D eigenvalue weighted by Gasteiger charge is 2.36. The van der Waals surface area contributed by atoms with Gasteiger partial charge < -0.3 is 16.2 Å². The van der Waals surface area contributed by atoms with E-state index < -0.39 is 5.60 Å². The Hall–Kier alpha value is -0.610. The predicted molar refractivity (Wildman–Crippen MR) is 80.1 cm³/mol. The molecule has 2 fully saturated rings. The number of nitrogens with one attached hydrogen (secondary N) is 1. The van der Waals surface area contributed by atoms with Crippen LogP contribution in [0.15, 0.2) is 0 Å². The van der Waals surface area contributed by atoms with Crippen LogP contribution in [0.4, 0.5) is 0 Å². The lowest BCUT2D eigenvalue weighted by Gasteiger charge is -2.36. The molecule has 2 aliphatic rings. The summed E-state index contributed by atoms with van der Waals surface area (Å²) in [5, 5.41) is 13.5. The summed E-state index contributed by atoms with van der Waals surface area (Å²) in [4.78, 5) is 12.2. The summed E-state index contributed by atoms with van der Waals surface area (Å²) < 4.78 is 0. The molecule has 0 radical (unpaired) electrons. The average molecular weight is 282 g/mol. The number of hydrogen-bond acceptors (Lipinski definition) is 3. The van der Waals surface area contributed by atoms with Crippen molar-refractivity contribution in [1.29, 1.82) is 0 Å². The second-order valence-electron chi connectivity index (χ2n) is 6.83. The summed E-state index contributed by atoms with van der Waals surface area (Å²) in [6.45, 7) is 3.22. The Morgan fingerprint density at radius 2 is 2.00 bits per heavy atom. The maximum absolute atomic E-state index is 12.2. The van der Waals surface area contributed by atoms with E-state index in [-0.39, 0.29) is 11.8 Å². The number of carbonyl (C=O) groups excluding carboxylic acids is 1. The lowest BCUT2D eigenvalue weighted by atomic mass is 9.78. The molecule has 1 amide bonds. The Bertz CT molecular complexity index is 324. The zero-order valence-corrected chi connectivity index (χ0v) is 12.7. The fourth-order valence-corrected chi connectivity index (χ4v) is 3.85. The number of amides is 1. The Kier molecular flexibility index (Phi) is 5.44. The number of carbonyl (C=O) groups is 1. The van der Waals surface area contributed by atoms with Gasteiger partial charge in [0.05, 0.1) is 5.60 Å². The largest absolute Gasteiger partial charge is 0.388 e. The van der Waals surface area contributed by atoms with Gasteiger partial charge in [-0.25, -0.2) is 0 Å². The van der Waals surface area contributed by atoms with Crippen molar-refractivity contribution in [3.8, 4) is 0 Å². The molecule has 0 heterocycles. The van der Waals surface area contributed by atoms with Gasteiger partial charge in [-0.05, 0) is 56.9 Å². The first kappa shape index (κ1) is 15.8. The van der Waals surface area contributed by atoms with Crippen molar-refractivity contribution in [1.82, 2.24) is 5.32 Å². The number of rotatable bonds is 5. The summed E-state index contributed by atoms with van der Waals surface area (Å²) in [5.41, 5.74) is 5.05. The van der Waals surface area contributed by atoms with Gasteiger partial charge in [0, 0.05) is 12.5 Å². The second kappa shape index (κ2) is 6.90. The summed E-state index contributed by atoms with van der Waals surface area (Å²) in [6, 6.07) is 0. The van der Waals surface area contributed by atoms with Gasteiger partial charge in [-0.15, -0.1) is 0 Å². The van der Waals surface area contributed by atoms with Gasteiger partial charge >= 0.3 is 0 Å². The van der Waals surface area contributed by atoms with Gasteiger partial charge in [0.15, 0.2) is 0 Å². The molecule has 0 bridgehead atoms. The van der Waals surface area contributed by atoms with Crippen molar-refractivity contribution in [3.63, 3.8) is 0 Å². The first-order valence-electron chi connectivity index (χ1n) is 8.28. The zero-order valence-electron chi connectivity index (χ0n) is 12.7. The van der Waals surface area contributed by atoms with Crippen molar-refractivity contribution in [3.05, 3.63) is 0 Å². The van der Waals surface area contributed by atoms with Crippen molar-refractivity contribution in [2.75, 3.05) is 13.1 Å². The first-order valence-corrected chi connectivity index (χ1v) is 8.28. The quantitative estimate of drug-likeness (QED) is 0.720. The molecule has 0 spiro atoms. The maximum atomic E-state index is 12.2. The predicted octanol–water partition coefficient (Wildman–Crippen LogP) is 1.81. The molecule has 0 aliphatic heterocycles. The summed E-state index contributed by atoms with van der Waals surface area (Å²) in [5.74, 6) is 1.25. The summed E-state index contributed by atoms with van der Waals surface area (Å²) >= 11 is 0. The van der Waals surface area contributed by atoms with Crippen LogP contribution in [0.2, 0.25) is 0 Å². The summed E-state index contributed by atoms with van der Waals surface area (Å²) in [7, 11) is 0. The van der Waals surface area contributed by atoms with E-state index in [9.17, 15) is 9.90 Å². The van der Waals surface area contributed by atoms with Crippen LogP contribution >= 0.6 is 0 Å². The van der Waals surface area contributed by atoms with Crippen LogP contribution < -0.4 is 11.1 Å². The van der Waals surface area contributed by atoms with Crippen LogP contribution in [0.3, 0.4) is 0 Å². The lowest BCUT2D eigenvalue weighted by molar-refractivity contribution is -0.127. The van der Waals surface area contributed by atoms with Gasteiger partial charge in [-0.1, -0.05) is 19.8 Å².